The lowest BCUT2D eigenvalue weighted by atomic mass is 10.1. The minimum Gasteiger partial charge on any atom is -0.483 e. The lowest BCUT2D eigenvalue weighted by molar-refractivity contribution is -0.384. The summed E-state index contributed by atoms with van der Waals surface area (Å²) in [5.41, 5.74) is 1.17. The molecule has 0 aliphatic rings. The van der Waals surface area contributed by atoms with Crippen LogP contribution in [0.25, 0.3) is 0 Å². The molecular weight excluding hydrogens is 523 g/mol. The molecule has 2 aromatic rings. The zero-order valence-corrected chi connectivity index (χ0v) is 21.2. The molecule has 0 heterocycles. The minimum atomic E-state index is -0.485. The first-order valence-electron chi connectivity index (χ1n) is 9.66. The molecule has 11 heteroatoms. The Balaban J connectivity index is 0.00000512. The summed E-state index contributed by atoms with van der Waals surface area (Å²) in [4.78, 5) is 22.3. The van der Waals surface area contributed by atoms with Gasteiger partial charge in [-0.1, -0.05) is 27.5 Å². The van der Waals surface area contributed by atoms with Gasteiger partial charge in [0, 0.05) is 47.3 Å². The third kappa shape index (κ3) is 9.60. The Hall–Kier alpha value is -2.07. The zero-order valence-electron chi connectivity index (χ0n) is 18.0. The number of carbonyl (C=O) groups excluding carboxylic acids is 1. The molecule has 0 atom stereocenters. The van der Waals surface area contributed by atoms with E-state index in [1.54, 1.807) is 6.07 Å². The Morgan fingerprint density at radius 3 is 2.53 bits per heavy atom. The van der Waals surface area contributed by atoms with Gasteiger partial charge in [0.2, 0.25) is 0 Å². The van der Waals surface area contributed by atoms with Gasteiger partial charge in [0.1, 0.15) is 5.75 Å². The van der Waals surface area contributed by atoms with E-state index in [0.717, 1.165) is 10.0 Å². The molecule has 2 aromatic carbocycles. The summed E-state index contributed by atoms with van der Waals surface area (Å²) in [6.45, 7) is 7.39. The molecule has 0 unspecified atom stereocenters. The van der Waals surface area contributed by atoms with Crippen molar-refractivity contribution in [2.45, 2.75) is 32.9 Å². The number of carbonyl (C=O) groups is 1. The van der Waals surface area contributed by atoms with Crippen LogP contribution in [-0.2, 0) is 11.3 Å². The number of hydrogen-bond donors (Lipinski definition) is 3. The third-order valence-corrected chi connectivity index (χ3v) is 4.80. The fraction of sp³-hybridized carbons (Fsp3) is 0.381. The SMILES string of the molecule is CC(C)(C)NC(=O)COc1ccc(Br)cc1CNCCNc1ccc([N+](=O)[O-])cc1Cl.Cl. The summed E-state index contributed by atoms with van der Waals surface area (Å²) in [6, 6.07) is 9.92. The molecule has 3 N–H and O–H groups in total. The van der Waals surface area contributed by atoms with Crippen LogP contribution in [0.2, 0.25) is 5.02 Å². The van der Waals surface area contributed by atoms with Crippen molar-refractivity contribution in [3.63, 3.8) is 0 Å². The predicted octanol–water partition coefficient (Wildman–Crippen LogP) is 4.93. The maximum absolute atomic E-state index is 12.0. The van der Waals surface area contributed by atoms with Crippen molar-refractivity contribution in [2.75, 3.05) is 25.0 Å². The number of amides is 1. The number of nitro groups is 1. The Morgan fingerprint density at radius 1 is 1.19 bits per heavy atom. The number of benzene rings is 2. The molecule has 0 aliphatic carbocycles. The molecule has 0 fully saturated rings. The van der Waals surface area contributed by atoms with Crippen LogP contribution in [0.5, 0.6) is 5.75 Å². The van der Waals surface area contributed by atoms with Gasteiger partial charge in [-0.25, -0.2) is 0 Å². The summed E-state index contributed by atoms with van der Waals surface area (Å²) in [5.74, 6) is 0.449. The number of anilines is 1. The average molecular weight is 550 g/mol. The lowest BCUT2D eigenvalue weighted by Crippen LogP contribution is -2.43. The number of nitro benzene ring substituents is 1. The second kappa shape index (κ2) is 12.8. The third-order valence-electron chi connectivity index (χ3n) is 3.99. The lowest BCUT2D eigenvalue weighted by Gasteiger charge is -2.21. The van der Waals surface area contributed by atoms with E-state index in [-0.39, 0.29) is 36.1 Å². The first kappa shape index (κ1) is 28.0. The van der Waals surface area contributed by atoms with Gasteiger partial charge in [-0.15, -0.1) is 12.4 Å². The molecule has 0 bridgehead atoms. The molecule has 0 saturated heterocycles. The molecule has 176 valence electrons. The minimum absolute atomic E-state index is 0. The quantitative estimate of drug-likeness (QED) is 0.220. The number of halogens is 3. The van der Waals surface area contributed by atoms with E-state index in [1.807, 2.05) is 39.0 Å². The van der Waals surface area contributed by atoms with Crippen molar-refractivity contribution in [2.24, 2.45) is 0 Å². The monoisotopic (exact) mass is 548 g/mol. The van der Waals surface area contributed by atoms with Crippen molar-refractivity contribution in [3.05, 3.63) is 61.6 Å². The molecule has 0 radical (unpaired) electrons. The predicted molar refractivity (Wildman–Crippen MR) is 133 cm³/mol. The number of nitrogens with one attached hydrogen (secondary N) is 3. The molecule has 1 amide bonds. The van der Waals surface area contributed by atoms with Crippen LogP contribution in [0.1, 0.15) is 26.3 Å². The number of non-ortho nitro benzene ring substituents is 1. The molecule has 8 nitrogen and oxygen atoms in total. The number of rotatable bonds is 10. The van der Waals surface area contributed by atoms with E-state index < -0.39 is 4.92 Å². The summed E-state index contributed by atoms with van der Waals surface area (Å²) in [7, 11) is 0. The summed E-state index contributed by atoms with van der Waals surface area (Å²) in [6.07, 6.45) is 0. The van der Waals surface area contributed by atoms with E-state index in [4.69, 9.17) is 16.3 Å². The fourth-order valence-corrected chi connectivity index (χ4v) is 3.34. The van der Waals surface area contributed by atoms with Crippen LogP contribution in [0.15, 0.2) is 40.9 Å². The smallest absolute Gasteiger partial charge is 0.271 e. The van der Waals surface area contributed by atoms with Crippen LogP contribution in [0.4, 0.5) is 11.4 Å². The average Bonchev–Trinajstić information content (AvgIpc) is 2.66. The second-order valence-electron chi connectivity index (χ2n) is 7.86. The van der Waals surface area contributed by atoms with Gasteiger partial charge in [-0.05, 0) is 45.0 Å². The van der Waals surface area contributed by atoms with Crippen molar-refractivity contribution in [3.8, 4) is 5.75 Å². The standard InChI is InChI=1S/C21H26BrClN4O4.ClH/c1-21(2,3)26-20(28)13-31-19-7-4-15(22)10-14(19)12-24-8-9-25-18-6-5-16(27(29)30)11-17(18)23;/h4-7,10-11,24-25H,8-9,12-13H2,1-3H3,(H,26,28);1H. The fourth-order valence-electron chi connectivity index (χ4n) is 2.69. The van der Waals surface area contributed by atoms with Crippen molar-refractivity contribution >= 4 is 57.2 Å². The van der Waals surface area contributed by atoms with E-state index >= 15 is 0 Å². The molecule has 0 aliphatic heterocycles. The highest BCUT2D eigenvalue weighted by atomic mass is 79.9. The summed E-state index contributed by atoms with van der Waals surface area (Å²) in [5, 5.41) is 20.4. The van der Waals surface area contributed by atoms with Gasteiger partial charge < -0.3 is 20.7 Å². The van der Waals surface area contributed by atoms with Crippen LogP contribution in [0, 0.1) is 10.1 Å². The normalized spacial score (nSPS) is 10.8. The number of ether oxygens (including phenoxy) is 1. The van der Waals surface area contributed by atoms with Crippen LogP contribution >= 0.6 is 39.9 Å². The summed E-state index contributed by atoms with van der Waals surface area (Å²) < 4.78 is 6.62. The Bertz CT molecular complexity index is 939. The van der Waals surface area contributed by atoms with Gasteiger partial charge in [-0.2, -0.15) is 0 Å². The molecular formula is C21H27BrCl2N4O4. The molecule has 2 rings (SSSR count). The van der Waals surface area contributed by atoms with Crippen molar-refractivity contribution in [1.29, 1.82) is 0 Å². The highest BCUT2D eigenvalue weighted by Crippen LogP contribution is 2.26. The van der Waals surface area contributed by atoms with E-state index in [1.165, 1.54) is 12.1 Å². The maximum atomic E-state index is 12.0. The molecule has 0 spiro atoms. The maximum Gasteiger partial charge on any atom is 0.271 e. The Kier molecular flexibility index (Phi) is 11.2. The Morgan fingerprint density at radius 2 is 1.91 bits per heavy atom. The van der Waals surface area contributed by atoms with Gasteiger partial charge in [-0.3, -0.25) is 14.9 Å². The number of nitrogens with zero attached hydrogens (tertiary/aromatic N) is 1. The second-order valence-corrected chi connectivity index (χ2v) is 9.19. The van der Waals surface area contributed by atoms with E-state index in [9.17, 15) is 14.9 Å². The summed E-state index contributed by atoms with van der Waals surface area (Å²) >= 11 is 9.53. The van der Waals surface area contributed by atoms with Gasteiger partial charge in [0.05, 0.1) is 15.6 Å². The van der Waals surface area contributed by atoms with Gasteiger partial charge in [0.25, 0.3) is 11.6 Å². The highest BCUT2D eigenvalue weighted by Gasteiger charge is 2.15. The zero-order chi connectivity index (χ0) is 23.0. The van der Waals surface area contributed by atoms with Crippen molar-refractivity contribution in [1.82, 2.24) is 10.6 Å². The molecule has 0 aromatic heterocycles. The van der Waals surface area contributed by atoms with E-state index in [2.05, 4.69) is 31.9 Å². The van der Waals surface area contributed by atoms with Crippen LogP contribution < -0.4 is 20.7 Å². The first-order chi connectivity index (χ1) is 14.5. The van der Waals surface area contributed by atoms with E-state index in [0.29, 0.717) is 36.1 Å². The topological polar surface area (TPSA) is 106 Å². The largest absolute Gasteiger partial charge is 0.483 e. The van der Waals surface area contributed by atoms with Crippen molar-refractivity contribution < 1.29 is 14.5 Å². The molecule has 32 heavy (non-hydrogen) atoms. The molecule has 0 saturated carbocycles. The van der Waals surface area contributed by atoms with Crippen LogP contribution in [-0.4, -0.2) is 36.1 Å². The highest BCUT2D eigenvalue weighted by molar-refractivity contribution is 9.10. The number of hydrogen-bond acceptors (Lipinski definition) is 6. The van der Waals surface area contributed by atoms with Gasteiger partial charge in [0.15, 0.2) is 6.61 Å². The Labute approximate surface area is 207 Å². The van der Waals surface area contributed by atoms with Crippen LogP contribution in [0.3, 0.4) is 0 Å². The van der Waals surface area contributed by atoms with Gasteiger partial charge >= 0.3 is 0 Å². The first-order valence-corrected chi connectivity index (χ1v) is 10.8.